The SMILES string of the molecule is COc1ccc(C=C2N=C(c3cccc(C)c3)OC2=O)cc1Br. The van der Waals surface area contributed by atoms with E-state index in [2.05, 4.69) is 20.9 Å². The summed E-state index contributed by atoms with van der Waals surface area (Å²) in [6.45, 7) is 1.98. The maximum atomic E-state index is 12.0. The number of halogens is 1. The van der Waals surface area contributed by atoms with Crippen molar-refractivity contribution in [2.75, 3.05) is 7.11 Å². The number of carbonyl (C=O) groups is 1. The molecule has 0 saturated heterocycles. The molecule has 0 fully saturated rings. The van der Waals surface area contributed by atoms with Gasteiger partial charge in [0.05, 0.1) is 11.6 Å². The Bertz CT molecular complexity index is 840. The van der Waals surface area contributed by atoms with Crippen LogP contribution in [0.15, 0.2) is 57.6 Å². The second-order valence-corrected chi connectivity index (χ2v) is 5.95. The highest BCUT2D eigenvalue weighted by atomic mass is 79.9. The number of rotatable bonds is 3. The molecule has 0 saturated carbocycles. The predicted octanol–water partition coefficient (Wildman–Crippen LogP) is 4.11. The Morgan fingerprint density at radius 2 is 2.04 bits per heavy atom. The minimum Gasteiger partial charge on any atom is -0.496 e. The van der Waals surface area contributed by atoms with Crippen LogP contribution in [-0.2, 0) is 9.53 Å². The smallest absolute Gasteiger partial charge is 0.363 e. The molecule has 1 aliphatic heterocycles. The molecule has 0 bridgehead atoms. The van der Waals surface area contributed by atoms with Crippen molar-refractivity contribution in [2.45, 2.75) is 6.92 Å². The fourth-order valence-electron chi connectivity index (χ4n) is 2.24. The number of methoxy groups -OCH3 is 1. The molecular formula is C18H14BrNO3. The van der Waals surface area contributed by atoms with E-state index in [1.165, 1.54) is 0 Å². The van der Waals surface area contributed by atoms with Crippen LogP contribution in [0.5, 0.6) is 5.75 Å². The van der Waals surface area contributed by atoms with E-state index in [1.807, 2.05) is 49.4 Å². The number of hydrogen-bond acceptors (Lipinski definition) is 4. The number of nitrogens with zero attached hydrogens (tertiary/aromatic N) is 1. The third kappa shape index (κ3) is 3.35. The van der Waals surface area contributed by atoms with Gasteiger partial charge in [-0.05, 0) is 58.8 Å². The van der Waals surface area contributed by atoms with Gasteiger partial charge in [-0.3, -0.25) is 0 Å². The van der Waals surface area contributed by atoms with Crippen molar-refractivity contribution in [3.8, 4) is 5.75 Å². The Morgan fingerprint density at radius 3 is 2.74 bits per heavy atom. The first-order valence-corrected chi connectivity index (χ1v) is 7.79. The fraction of sp³-hybridized carbons (Fsp3) is 0.111. The van der Waals surface area contributed by atoms with Gasteiger partial charge in [-0.15, -0.1) is 0 Å². The fourth-order valence-corrected chi connectivity index (χ4v) is 2.80. The van der Waals surface area contributed by atoms with Gasteiger partial charge in [0.1, 0.15) is 5.75 Å². The number of cyclic esters (lactones) is 1. The third-order valence-corrected chi connectivity index (χ3v) is 3.98. The van der Waals surface area contributed by atoms with E-state index in [4.69, 9.17) is 9.47 Å². The van der Waals surface area contributed by atoms with Crippen molar-refractivity contribution >= 4 is 33.9 Å². The number of carbonyl (C=O) groups excluding carboxylic acids is 1. The minimum atomic E-state index is -0.451. The van der Waals surface area contributed by atoms with E-state index in [0.717, 1.165) is 26.9 Å². The monoisotopic (exact) mass is 371 g/mol. The van der Waals surface area contributed by atoms with Crippen molar-refractivity contribution in [3.63, 3.8) is 0 Å². The zero-order valence-corrected chi connectivity index (χ0v) is 14.3. The van der Waals surface area contributed by atoms with Crippen LogP contribution >= 0.6 is 15.9 Å². The molecule has 4 nitrogen and oxygen atoms in total. The highest BCUT2D eigenvalue weighted by molar-refractivity contribution is 9.10. The zero-order valence-electron chi connectivity index (χ0n) is 12.7. The lowest BCUT2D eigenvalue weighted by Gasteiger charge is -2.03. The molecule has 2 aromatic carbocycles. The standard InChI is InChI=1S/C18H14BrNO3/c1-11-4-3-5-13(8-11)17-20-15(18(21)23-17)10-12-6-7-16(22-2)14(19)9-12/h3-10H,1-2H3. The summed E-state index contributed by atoms with van der Waals surface area (Å²) in [5.74, 6) is 0.607. The number of ether oxygens (including phenoxy) is 2. The Kier molecular flexibility index (Phi) is 4.30. The summed E-state index contributed by atoms with van der Waals surface area (Å²) in [6, 6.07) is 13.2. The van der Waals surface area contributed by atoms with Gasteiger partial charge in [0.2, 0.25) is 5.90 Å². The Hall–Kier alpha value is -2.40. The highest BCUT2D eigenvalue weighted by Crippen LogP contribution is 2.27. The molecule has 0 aromatic heterocycles. The molecule has 116 valence electrons. The van der Waals surface area contributed by atoms with E-state index in [9.17, 15) is 4.79 Å². The molecule has 3 rings (SSSR count). The lowest BCUT2D eigenvalue weighted by Crippen LogP contribution is -2.05. The number of aliphatic imine (C=N–C) groups is 1. The summed E-state index contributed by atoms with van der Waals surface area (Å²) in [6.07, 6.45) is 1.69. The van der Waals surface area contributed by atoms with Crippen molar-refractivity contribution < 1.29 is 14.3 Å². The Balaban J connectivity index is 1.93. The van der Waals surface area contributed by atoms with Gasteiger partial charge in [0.25, 0.3) is 0 Å². The number of esters is 1. The molecule has 0 N–H and O–H groups in total. The van der Waals surface area contributed by atoms with E-state index in [1.54, 1.807) is 13.2 Å². The Morgan fingerprint density at radius 1 is 1.22 bits per heavy atom. The highest BCUT2D eigenvalue weighted by Gasteiger charge is 2.24. The summed E-state index contributed by atoms with van der Waals surface area (Å²) in [7, 11) is 1.60. The average molecular weight is 372 g/mol. The first kappa shape index (κ1) is 15.5. The molecule has 0 radical (unpaired) electrons. The lowest BCUT2D eigenvalue weighted by molar-refractivity contribution is -0.129. The molecule has 23 heavy (non-hydrogen) atoms. The molecule has 1 heterocycles. The van der Waals surface area contributed by atoms with Gasteiger partial charge in [-0.2, -0.15) is 0 Å². The molecule has 2 aromatic rings. The quantitative estimate of drug-likeness (QED) is 0.602. The molecule has 0 spiro atoms. The van der Waals surface area contributed by atoms with Crippen LogP contribution in [0.2, 0.25) is 0 Å². The first-order valence-electron chi connectivity index (χ1n) is 7.00. The Labute approximate surface area is 142 Å². The van der Waals surface area contributed by atoms with E-state index in [-0.39, 0.29) is 5.70 Å². The van der Waals surface area contributed by atoms with Gasteiger partial charge < -0.3 is 9.47 Å². The van der Waals surface area contributed by atoms with Crippen LogP contribution in [0.3, 0.4) is 0 Å². The van der Waals surface area contributed by atoms with Crippen LogP contribution in [0.4, 0.5) is 0 Å². The van der Waals surface area contributed by atoms with Crippen molar-refractivity contribution in [3.05, 3.63) is 69.3 Å². The van der Waals surface area contributed by atoms with Gasteiger partial charge in [-0.1, -0.05) is 23.8 Å². The molecule has 0 amide bonds. The van der Waals surface area contributed by atoms with Crippen molar-refractivity contribution in [1.82, 2.24) is 0 Å². The molecular weight excluding hydrogens is 358 g/mol. The second-order valence-electron chi connectivity index (χ2n) is 5.10. The van der Waals surface area contributed by atoms with Crippen molar-refractivity contribution in [2.24, 2.45) is 4.99 Å². The predicted molar refractivity (Wildman–Crippen MR) is 92.5 cm³/mol. The van der Waals surface area contributed by atoms with Gasteiger partial charge in [-0.25, -0.2) is 9.79 Å². The molecule has 1 aliphatic rings. The van der Waals surface area contributed by atoms with Crippen LogP contribution in [0.25, 0.3) is 6.08 Å². The minimum absolute atomic E-state index is 0.276. The van der Waals surface area contributed by atoms with E-state index < -0.39 is 5.97 Å². The first-order chi connectivity index (χ1) is 11.1. The summed E-state index contributed by atoms with van der Waals surface area (Å²) in [4.78, 5) is 16.3. The maximum Gasteiger partial charge on any atom is 0.363 e. The van der Waals surface area contributed by atoms with Gasteiger partial charge >= 0.3 is 5.97 Å². The normalized spacial score (nSPS) is 15.5. The van der Waals surface area contributed by atoms with E-state index >= 15 is 0 Å². The van der Waals surface area contributed by atoms with E-state index in [0.29, 0.717) is 5.90 Å². The zero-order chi connectivity index (χ0) is 16.4. The molecule has 0 aliphatic carbocycles. The number of hydrogen-bond donors (Lipinski definition) is 0. The number of aryl methyl sites for hydroxylation is 1. The second kappa shape index (κ2) is 6.38. The summed E-state index contributed by atoms with van der Waals surface area (Å²) in [5, 5.41) is 0. The van der Waals surface area contributed by atoms with Crippen molar-refractivity contribution in [1.29, 1.82) is 0 Å². The average Bonchev–Trinajstić information content (AvgIpc) is 2.89. The van der Waals surface area contributed by atoms with Crippen LogP contribution in [0, 0.1) is 6.92 Å². The maximum absolute atomic E-state index is 12.0. The van der Waals surface area contributed by atoms with Crippen LogP contribution in [0.1, 0.15) is 16.7 Å². The molecule has 5 heteroatoms. The topological polar surface area (TPSA) is 47.9 Å². The van der Waals surface area contributed by atoms with Crippen LogP contribution in [-0.4, -0.2) is 19.0 Å². The number of benzene rings is 2. The van der Waals surface area contributed by atoms with Gasteiger partial charge in [0, 0.05) is 5.56 Å². The summed E-state index contributed by atoms with van der Waals surface area (Å²) >= 11 is 3.42. The summed E-state index contributed by atoms with van der Waals surface area (Å²) < 4.78 is 11.3. The lowest BCUT2D eigenvalue weighted by atomic mass is 10.1. The van der Waals surface area contributed by atoms with Gasteiger partial charge in [0.15, 0.2) is 5.70 Å². The third-order valence-electron chi connectivity index (χ3n) is 3.36. The largest absolute Gasteiger partial charge is 0.496 e. The van der Waals surface area contributed by atoms with Crippen LogP contribution < -0.4 is 4.74 Å². The molecule has 0 unspecified atom stereocenters. The molecule has 0 atom stereocenters. The summed E-state index contributed by atoms with van der Waals surface area (Å²) in [5.41, 5.74) is 2.98.